The van der Waals surface area contributed by atoms with Gasteiger partial charge in [-0.15, -0.1) is 0 Å². The van der Waals surface area contributed by atoms with Crippen LogP contribution in [0.3, 0.4) is 0 Å². The van der Waals surface area contributed by atoms with Crippen LogP contribution in [0.1, 0.15) is 48.9 Å². The largest absolute Gasteiger partial charge is 0.388 e. The molecule has 1 amide bonds. The summed E-state index contributed by atoms with van der Waals surface area (Å²) in [5.41, 5.74) is 1.19. The molecule has 1 heterocycles. The molecule has 0 atom stereocenters. The number of H-pyrrole nitrogens is 1. The summed E-state index contributed by atoms with van der Waals surface area (Å²) in [5.74, 6) is -0.538. The lowest BCUT2D eigenvalue weighted by Gasteiger charge is -2.26. The van der Waals surface area contributed by atoms with Crippen LogP contribution < -0.4 is 5.32 Å². The van der Waals surface area contributed by atoms with Gasteiger partial charge in [-0.2, -0.15) is 0 Å². The Kier molecular flexibility index (Phi) is 5.00. The maximum atomic E-state index is 13.1. The molecule has 1 fully saturated rings. The molecule has 1 aromatic carbocycles. The molecule has 0 radical (unpaired) electrons. The van der Waals surface area contributed by atoms with E-state index in [1.54, 1.807) is 24.5 Å². The van der Waals surface area contributed by atoms with Gasteiger partial charge in [-0.3, -0.25) is 4.79 Å². The number of hydrogen-bond acceptors (Lipinski definition) is 2. The van der Waals surface area contributed by atoms with Crippen LogP contribution >= 0.6 is 0 Å². The minimum atomic E-state index is -0.807. The van der Waals surface area contributed by atoms with Crippen LogP contribution in [-0.2, 0) is 0 Å². The van der Waals surface area contributed by atoms with Crippen molar-refractivity contribution in [3.05, 3.63) is 48.0 Å². The molecule has 1 saturated carbocycles. The van der Waals surface area contributed by atoms with Crippen LogP contribution in [0.25, 0.3) is 11.1 Å². The predicted molar refractivity (Wildman–Crippen MR) is 91.2 cm³/mol. The molecule has 2 aromatic rings. The summed E-state index contributed by atoms with van der Waals surface area (Å²) < 4.78 is 13.1. The molecule has 1 aliphatic carbocycles. The van der Waals surface area contributed by atoms with Gasteiger partial charge < -0.3 is 15.4 Å². The van der Waals surface area contributed by atoms with E-state index >= 15 is 0 Å². The monoisotopic (exact) mass is 330 g/mol. The molecule has 0 saturated heterocycles. The van der Waals surface area contributed by atoms with Crippen molar-refractivity contribution < 1.29 is 14.3 Å². The second-order valence-electron chi connectivity index (χ2n) is 6.61. The lowest BCUT2D eigenvalue weighted by Crippen LogP contribution is -2.42. The number of benzene rings is 1. The second kappa shape index (κ2) is 7.18. The van der Waals surface area contributed by atoms with Crippen LogP contribution in [-0.4, -0.2) is 28.1 Å². The zero-order valence-electron chi connectivity index (χ0n) is 13.6. The average Bonchev–Trinajstić information content (AvgIpc) is 2.96. The topological polar surface area (TPSA) is 65.1 Å². The van der Waals surface area contributed by atoms with E-state index in [0.717, 1.165) is 49.7 Å². The van der Waals surface area contributed by atoms with Crippen molar-refractivity contribution in [1.29, 1.82) is 0 Å². The summed E-state index contributed by atoms with van der Waals surface area (Å²) in [7, 11) is 0. The van der Waals surface area contributed by atoms with Gasteiger partial charge in [-0.05, 0) is 30.5 Å². The summed E-state index contributed by atoms with van der Waals surface area (Å²) in [6.45, 7) is 0.264. The molecule has 24 heavy (non-hydrogen) atoms. The van der Waals surface area contributed by atoms with Gasteiger partial charge in [0.15, 0.2) is 0 Å². The highest BCUT2D eigenvalue weighted by molar-refractivity contribution is 6.00. The summed E-state index contributed by atoms with van der Waals surface area (Å²) in [6.07, 6.45) is 9.09. The number of aromatic amines is 1. The van der Waals surface area contributed by atoms with Gasteiger partial charge in [0.25, 0.3) is 5.91 Å². The molecule has 1 aromatic heterocycles. The molecular formula is C19H23FN2O2. The van der Waals surface area contributed by atoms with Crippen LogP contribution in [0.15, 0.2) is 36.7 Å². The molecule has 3 N–H and O–H groups in total. The zero-order valence-corrected chi connectivity index (χ0v) is 13.6. The van der Waals surface area contributed by atoms with Crippen molar-refractivity contribution in [2.45, 2.75) is 44.1 Å². The Balaban J connectivity index is 1.70. The van der Waals surface area contributed by atoms with Gasteiger partial charge in [0, 0.05) is 24.5 Å². The van der Waals surface area contributed by atoms with Gasteiger partial charge in [0.2, 0.25) is 0 Å². The summed E-state index contributed by atoms with van der Waals surface area (Å²) >= 11 is 0. The van der Waals surface area contributed by atoms with Crippen LogP contribution in [0.5, 0.6) is 0 Å². The SMILES string of the molecule is O=C(NCC1(O)CCCCCC1)c1c[nH]cc1-c1ccc(F)cc1. The van der Waals surface area contributed by atoms with Gasteiger partial charge in [-0.1, -0.05) is 37.8 Å². The van der Waals surface area contributed by atoms with Crippen molar-refractivity contribution in [3.8, 4) is 11.1 Å². The van der Waals surface area contributed by atoms with Crippen LogP contribution in [0.2, 0.25) is 0 Å². The maximum absolute atomic E-state index is 13.1. The Bertz CT molecular complexity index is 686. The Hall–Kier alpha value is -2.14. The third-order valence-electron chi connectivity index (χ3n) is 4.76. The number of rotatable bonds is 4. The van der Waals surface area contributed by atoms with E-state index in [2.05, 4.69) is 10.3 Å². The highest BCUT2D eigenvalue weighted by Crippen LogP contribution is 2.27. The van der Waals surface area contributed by atoms with Gasteiger partial charge >= 0.3 is 0 Å². The standard InChI is InChI=1S/C19H23FN2O2/c20-15-7-5-14(6-8-15)16-11-21-12-17(16)18(23)22-13-19(24)9-3-1-2-4-10-19/h5-8,11-12,21,24H,1-4,9-10,13H2,(H,22,23). The molecule has 5 heteroatoms. The maximum Gasteiger partial charge on any atom is 0.253 e. The van der Waals surface area contributed by atoms with Crippen LogP contribution in [0, 0.1) is 5.82 Å². The first-order valence-corrected chi connectivity index (χ1v) is 8.51. The zero-order chi connectivity index (χ0) is 17.0. The number of nitrogens with one attached hydrogen (secondary N) is 2. The highest BCUT2D eigenvalue weighted by atomic mass is 19.1. The fraction of sp³-hybridized carbons (Fsp3) is 0.421. The lowest BCUT2D eigenvalue weighted by atomic mass is 9.94. The van der Waals surface area contributed by atoms with Crippen LogP contribution in [0.4, 0.5) is 4.39 Å². The first-order chi connectivity index (χ1) is 11.6. The molecular weight excluding hydrogens is 307 g/mol. The minimum absolute atomic E-state index is 0.228. The molecule has 0 bridgehead atoms. The molecule has 0 spiro atoms. The number of aliphatic hydroxyl groups is 1. The van der Waals surface area contributed by atoms with Crippen molar-refractivity contribution in [2.75, 3.05) is 6.54 Å². The fourth-order valence-electron chi connectivity index (χ4n) is 3.32. The summed E-state index contributed by atoms with van der Waals surface area (Å²) in [6, 6.07) is 6.04. The van der Waals surface area contributed by atoms with Crippen molar-refractivity contribution >= 4 is 5.91 Å². The summed E-state index contributed by atoms with van der Waals surface area (Å²) in [4.78, 5) is 15.5. The van der Waals surface area contributed by atoms with Crippen molar-refractivity contribution in [3.63, 3.8) is 0 Å². The van der Waals surface area contributed by atoms with Crippen molar-refractivity contribution in [1.82, 2.24) is 10.3 Å². The first kappa shape index (κ1) is 16.7. The number of halogens is 1. The van der Waals surface area contributed by atoms with E-state index in [4.69, 9.17) is 0 Å². The fourth-order valence-corrected chi connectivity index (χ4v) is 3.32. The van der Waals surface area contributed by atoms with E-state index in [9.17, 15) is 14.3 Å². The van der Waals surface area contributed by atoms with E-state index in [-0.39, 0.29) is 18.3 Å². The van der Waals surface area contributed by atoms with E-state index in [1.807, 2.05) is 0 Å². The Labute approximate surface area is 141 Å². The van der Waals surface area contributed by atoms with E-state index < -0.39 is 5.60 Å². The minimum Gasteiger partial charge on any atom is -0.388 e. The van der Waals surface area contributed by atoms with E-state index in [1.165, 1.54) is 12.1 Å². The number of carbonyl (C=O) groups excluding carboxylic acids is 1. The normalized spacial score (nSPS) is 17.2. The summed E-state index contributed by atoms with van der Waals surface area (Å²) in [5, 5.41) is 13.5. The quantitative estimate of drug-likeness (QED) is 0.750. The van der Waals surface area contributed by atoms with E-state index in [0.29, 0.717) is 5.56 Å². The Morgan fingerprint density at radius 3 is 2.46 bits per heavy atom. The lowest BCUT2D eigenvalue weighted by molar-refractivity contribution is 0.0246. The number of hydrogen-bond donors (Lipinski definition) is 3. The highest BCUT2D eigenvalue weighted by Gasteiger charge is 2.28. The second-order valence-corrected chi connectivity index (χ2v) is 6.61. The van der Waals surface area contributed by atoms with Gasteiger partial charge in [0.1, 0.15) is 5.82 Å². The molecule has 4 nitrogen and oxygen atoms in total. The average molecular weight is 330 g/mol. The smallest absolute Gasteiger partial charge is 0.253 e. The number of aromatic nitrogens is 1. The predicted octanol–water partition coefficient (Wildman–Crippen LogP) is 3.64. The van der Waals surface area contributed by atoms with Gasteiger partial charge in [-0.25, -0.2) is 4.39 Å². The third-order valence-corrected chi connectivity index (χ3v) is 4.76. The van der Waals surface area contributed by atoms with Gasteiger partial charge in [0.05, 0.1) is 11.2 Å². The first-order valence-electron chi connectivity index (χ1n) is 8.51. The van der Waals surface area contributed by atoms with Crippen molar-refractivity contribution in [2.24, 2.45) is 0 Å². The number of carbonyl (C=O) groups is 1. The molecule has 3 rings (SSSR count). The number of amides is 1. The molecule has 0 unspecified atom stereocenters. The Morgan fingerprint density at radius 1 is 1.12 bits per heavy atom. The molecule has 0 aliphatic heterocycles. The molecule has 128 valence electrons. The third kappa shape index (κ3) is 3.85. The molecule has 1 aliphatic rings. The Morgan fingerprint density at radius 2 is 1.79 bits per heavy atom.